The number of hydrogen-bond donors (Lipinski definition) is 1. The molecule has 1 atom stereocenters. The van der Waals surface area contributed by atoms with E-state index in [0.29, 0.717) is 23.8 Å². The molecule has 7 heteroatoms. The van der Waals surface area contributed by atoms with Gasteiger partial charge in [-0.25, -0.2) is 0 Å². The summed E-state index contributed by atoms with van der Waals surface area (Å²) in [6, 6.07) is 7.23. The molecule has 1 unspecified atom stereocenters. The molecule has 2 aromatic rings. The van der Waals surface area contributed by atoms with Crippen LogP contribution in [0.25, 0.3) is 6.08 Å². The van der Waals surface area contributed by atoms with Gasteiger partial charge >= 0.3 is 0 Å². The summed E-state index contributed by atoms with van der Waals surface area (Å²) in [7, 11) is 8.51. The Kier molecular flexibility index (Phi) is 7.31. The monoisotopic (exact) mass is 374 g/mol. The molecular weight excluding hydrogens is 348 g/mol. The summed E-state index contributed by atoms with van der Waals surface area (Å²) in [6.07, 6.45) is 4.78. The Morgan fingerprint density at radius 3 is 2.33 bits per heavy atom. The maximum atomic E-state index is 12.2. The number of amides is 1. The number of ether oxygens (including phenoxy) is 3. The van der Waals surface area contributed by atoms with Crippen LogP contribution in [0.3, 0.4) is 0 Å². The second-order valence-corrected chi connectivity index (χ2v) is 6.03. The number of likely N-dealkylation sites (N-methyl/N-ethyl adjacent to an activating group) is 1. The predicted octanol–water partition coefficient (Wildman–Crippen LogP) is 2.74. The van der Waals surface area contributed by atoms with Gasteiger partial charge in [0, 0.05) is 12.6 Å². The van der Waals surface area contributed by atoms with E-state index in [4.69, 9.17) is 18.6 Å². The Bertz CT molecular complexity index is 744. The molecule has 1 amide bonds. The number of nitrogens with zero attached hydrogens (tertiary/aromatic N) is 1. The standard InChI is InChI=1S/C20H26N2O5/c1-22(2)15(16-7-6-10-27-16)13-21-19(23)9-8-14-11-17(24-3)20(26-5)18(12-14)25-4/h6-12,15H,13H2,1-5H3,(H,21,23)/b9-8+. The van der Waals surface area contributed by atoms with Crippen LogP contribution < -0.4 is 19.5 Å². The highest BCUT2D eigenvalue weighted by Crippen LogP contribution is 2.38. The summed E-state index contributed by atoms with van der Waals surface area (Å²) in [5.41, 5.74) is 0.759. The van der Waals surface area contributed by atoms with Crippen LogP contribution in [0.15, 0.2) is 41.0 Å². The van der Waals surface area contributed by atoms with E-state index in [9.17, 15) is 4.79 Å². The Labute approximate surface area is 159 Å². The maximum absolute atomic E-state index is 12.2. The average Bonchev–Trinajstić information content (AvgIpc) is 3.19. The van der Waals surface area contributed by atoms with Crippen LogP contribution in [0.5, 0.6) is 17.2 Å². The van der Waals surface area contributed by atoms with Crippen LogP contribution >= 0.6 is 0 Å². The molecule has 0 aliphatic rings. The topological polar surface area (TPSA) is 73.2 Å². The Hall–Kier alpha value is -2.93. The number of furan rings is 1. The van der Waals surface area contributed by atoms with Gasteiger partial charge in [-0.15, -0.1) is 0 Å². The summed E-state index contributed by atoms with van der Waals surface area (Å²) in [6.45, 7) is 0.430. The molecule has 146 valence electrons. The van der Waals surface area contributed by atoms with Gasteiger partial charge in [-0.05, 0) is 50.0 Å². The van der Waals surface area contributed by atoms with Crippen LogP contribution in [-0.2, 0) is 4.79 Å². The molecule has 0 aliphatic heterocycles. The van der Waals surface area contributed by atoms with Crippen molar-refractivity contribution in [3.8, 4) is 17.2 Å². The highest BCUT2D eigenvalue weighted by molar-refractivity contribution is 5.91. The highest BCUT2D eigenvalue weighted by Gasteiger charge is 2.17. The first-order chi connectivity index (χ1) is 13.0. The molecule has 0 aliphatic carbocycles. The molecular formula is C20H26N2O5. The van der Waals surface area contributed by atoms with E-state index in [0.717, 1.165) is 11.3 Å². The SMILES string of the molecule is COc1cc(/C=C/C(=O)NCC(c2ccco2)N(C)C)cc(OC)c1OC. The van der Waals surface area contributed by atoms with Crippen LogP contribution in [0.4, 0.5) is 0 Å². The second kappa shape index (κ2) is 9.68. The summed E-state index contributed by atoms with van der Waals surface area (Å²) in [5.74, 6) is 2.16. The molecule has 1 aromatic heterocycles. The fourth-order valence-electron chi connectivity index (χ4n) is 2.64. The summed E-state index contributed by atoms with van der Waals surface area (Å²) < 4.78 is 21.4. The lowest BCUT2D eigenvalue weighted by Gasteiger charge is -2.22. The fourth-order valence-corrected chi connectivity index (χ4v) is 2.64. The molecule has 1 heterocycles. The molecule has 0 bridgehead atoms. The Morgan fingerprint density at radius 2 is 1.85 bits per heavy atom. The van der Waals surface area contributed by atoms with Crippen molar-refractivity contribution in [2.45, 2.75) is 6.04 Å². The van der Waals surface area contributed by atoms with Crippen LogP contribution in [0.2, 0.25) is 0 Å². The Morgan fingerprint density at radius 1 is 1.19 bits per heavy atom. The summed E-state index contributed by atoms with van der Waals surface area (Å²) in [5, 5.41) is 2.89. The van der Waals surface area contributed by atoms with Crippen LogP contribution in [0, 0.1) is 0 Å². The van der Waals surface area contributed by atoms with E-state index in [-0.39, 0.29) is 11.9 Å². The van der Waals surface area contributed by atoms with Gasteiger partial charge in [0.15, 0.2) is 11.5 Å². The van der Waals surface area contributed by atoms with Gasteiger partial charge < -0.3 is 23.9 Å². The maximum Gasteiger partial charge on any atom is 0.244 e. The number of methoxy groups -OCH3 is 3. The molecule has 2 rings (SSSR count). The van der Waals surface area contributed by atoms with E-state index < -0.39 is 0 Å². The molecule has 1 aromatic carbocycles. The summed E-state index contributed by atoms with van der Waals surface area (Å²) >= 11 is 0. The zero-order valence-electron chi connectivity index (χ0n) is 16.3. The van der Waals surface area contributed by atoms with Crippen molar-refractivity contribution >= 4 is 12.0 Å². The second-order valence-electron chi connectivity index (χ2n) is 6.03. The molecule has 0 saturated carbocycles. The average molecular weight is 374 g/mol. The van der Waals surface area contributed by atoms with Gasteiger partial charge in [0.2, 0.25) is 11.7 Å². The van der Waals surface area contributed by atoms with Gasteiger partial charge in [0.05, 0.1) is 33.6 Å². The van der Waals surface area contributed by atoms with Gasteiger partial charge in [0.1, 0.15) is 5.76 Å². The summed E-state index contributed by atoms with van der Waals surface area (Å²) in [4.78, 5) is 14.2. The number of hydrogen-bond acceptors (Lipinski definition) is 6. The quantitative estimate of drug-likeness (QED) is 0.681. The van der Waals surface area contributed by atoms with Crippen molar-refractivity contribution < 1.29 is 23.4 Å². The van der Waals surface area contributed by atoms with Crippen molar-refractivity contribution in [2.75, 3.05) is 42.0 Å². The highest BCUT2D eigenvalue weighted by atomic mass is 16.5. The number of carbonyl (C=O) groups excluding carboxylic acids is 1. The minimum Gasteiger partial charge on any atom is -0.493 e. The van der Waals surface area contributed by atoms with Gasteiger partial charge in [-0.3, -0.25) is 9.69 Å². The minimum atomic E-state index is -0.206. The third-order valence-corrected chi connectivity index (χ3v) is 4.08. The third-order valence-electron chi connectivity index (χ3n) is 4.08. The van der Waals surface area contributed by atoms with Gasteiger partial charge in [0.25, 0.3) is 0 Å². The van der Waals surface area contributed by atoms with Gasteiger partial charge in [-0.1, -0.05) is 0 Å². The van der Waals surface area contributed by atoms with Crippen molar-refractivity contribution in [1.29, 1.82) is 0 Å². The van der Waals surface area contributed by atoms with Crippen LogP contribution in [0.1, 0.15) is 17.4 Å². The lowest BCUT2D eigenvalue weighted by Crippen LogP contribution is -2.33. The van der Waals surface area contributed by atoms with Crippen molar-refractivity contribution in [3.05, 3.63) is 47.9 Å². The zero-order valence-corrected chi connectivity index (χ0v) is 16.3. The van der Waals surface area contributed by atoms with Crippen molar-refractivity contribution in [3.63, 3.8) is 0 Å². The predicted molar refractivity (Wildman–Crippen MR) is 103 cm³/mol. The zero-order chi connectivity index (χ0) is 19.8. The first-order valence-electron chi connectivity index (χ1n) is 8.45. The lowest BCUT2D eigenvalue weighted by molar-refractivity contribution is -0.116. The van der Waals surface area contributed by atoms with E-state index in [1.54, 1.807) is 45.8 Å². The van der Waals surface area contributed by atoms with E-state index in [1.165, 1.54) is 6.08 Å². The number of carbonyl (C=O) groups is 1. The normalized spacial score (nSPS) is 12.2. The minimum absolute atomic E-state index is 0.0430. The van der Waals surface area contributed by atoms with Crippen molar-refractivity contribution in [1.82, 2.24) is 10.2 Å². The molecule has 0 saturated heterocycles. The smallest absolute Gasteiger partial charge is 0.244 e. The number of rotatable bonds is 9. The lowest BCUT2D eigenvalue weighted by atomic mass is 10.1. The van der Waals surface area contributed by atoms with E-state index in [2.05, 4.69) is 5.32 Å². The van der Waals surface area contributed by atoms with E-state index in [1.807, 2.05) is 31.1 Å². The molecule has 0 radical (unpaired) electrons. The molecule has 7 nitrogen and oxygen atoms in total. The number of nitrogens with one attached hydrogen (secondary N) is 1. The van der Waals surface area contributed by atoms with Crippen LogP contribution in [-0.4, -0.2) is 52.8 Å². The number of benzene rings is 1. The van der Waals surface area contributed by atoms with Crippen molar-refractivity contribution in [2.24, 2.45) is 0 Å². The molecule has 1 N–H and O–H groups in total. The fraction of sp³-hybridized carbons (Fsp3) is 0.350. The first kappa shape index (κ1) is 20.4. The Balaban J connectivity index is 2.06. The molecule has 0 fully saturated rings. The molecule has 0 spiro atoms. The first-order valence-corrected chi connectivity index (χ1v) is 8.45. The van der Waals surface area contributed by atoms with E-state index >= 15 is 0 Å². The van der Waals surface area contributed by atoms with Gasteiger partial charge in [-0.2, -0.15) is 0 Å². The third kappa shape index (κ3) is 5.27. The molecule has 27 heavy (non-hydrogen) atoms. The largest absolute Gasteiger partial charge is 0.493 e.